The first-order valence-corrected chi connectivity index (χ1v) is 5.17. The average Bonchev–Trinajstić information content (AvgIpc) is 2.15. The second-order valence-corrected chi connectivity index (χ2v) is 4.38. The number of aromatic nitrogens is 1. The van der Waals surface area contributed by atoms with Crippen LogP contribution in [0.1, 0.15) is 25.8 Å². The first kappa shape index (κ1) is 13.8. The molecule has 0 atom stereocenters. The Kier molecular flexibility index (Phi) is 3.98. The van der Waals surface area contributed by atoms with Crippen LogP contribution < -0.4 is 5.32 Å². The Morgan fingerprint density at radius 3 is 2.53 bits per heavy atom. The largest absolute Gasteiger partial charge is 0.419 e. The van der Waals surface area contributed by atoms with Crippen molar-refractivity contribution in [2.45, 2.75) is 32.0 Å². The third kappa shape index (κ3) is 3.89. The molecule has 96 valence electrons. The molecule has 0 radical (unpaired) electrons. The van der Waals surface area contributed by atoms with Crippen molar-refractivity contribution in [3.05, 3.63) is 23.9 Å². The summed E-state index contributed by atoms with van der Waals surface area (Å²) in [6.07, 6.45) is -2.81. The normalized spacial score (nSPS) is 12.6. The summed E-state index contributed by atoms with van der Waals surface area (Å²) in [4.78, 5) is 3.70. The first-order chi connectivity index (χ1) is 7.76. The molecular weight excluding hydrogens is 233 g/mol. The molecule has 0 bridgehead atoms. The number of hydrogen-bond acceptors (Lipinski definition) is 3. The second-order valence-electron chi connectivity index (χ2n) is 4.38. The summed E-state index contributed by atoms with van der Waals surface area (Å²) in [7, 11) is 0. The number of alkyl halides is 3. The minimum absolute atomic E-state index is 0.103. The molecule has 0 aromatic carbocycles. The van der Waals surface area contributed by atoms with Crippen molar-refractivity contribution >= 4 is 5.82 Å². The van der Waals surface area contributed by atoms with Crippen molar-refractivity contribution in [3.63, 3.8) is 0 Å². The van der Waals surface area contributed by atoms with Crippen LogP contribution in [0.15, 0.2) is 18.3 Å². The van der Waals surface area contributed by atoms with Gasteiger partial charge in [-0.3, -0.25) is 0 Å². The molecule has 1 aromatic rings. The molecule has 0 spiro atoms. The Bertz CT molecular complexity index is 377. The van der Waals surface area contributed by atoms with Gasteiger partial charge >= 0.3 is 6.18 Å². The maximum Gasteiger partial charge on any atom is 0.419 e. The van der Waals surface area contributed by atoms with E-state index in [1.807, 2.05) is 0 Å². The van der Waals surface area contributed by atoms with Crippen LogP contribution in [0.4, 0.5) is 19.0 Å². The number of halogens is 3. The minimum atomic E-state index is -4.44. The maximum absolute atomic E-state index is 12.7. The third-order valence-electron chi connectivity index (χ3n) is 2.31. The van der Waals surface area contributed by atoms with E-state index in [2.05, 4.69) is 10.3 Å². The van der Waals surface area contributed by atoms with Crippen molar-refractivity contribution in [2.24, 2.45) is 0 Å². The Hall–Kier alpha value is -1.30. The predicted molar refractivity (Wildman–Crippen MR) is 58.6 cm³/mol. The number of hydrogen-bond donors (Lipinski definition) is 2. The number of aliphatic hydroxyl groups excluding tert-OH is 1. The van der Waals surface area contributed by atoms with Gasteiger partial charge in [0.2, 0.25) is 0 Å². The van der Waals surface area contributed by atoms with E-state index in [0.717, 1.165) is 6.07 Å². The van der Waals surface area contributed by atoms with Gasteiger partial charge in [0.05, 0.1) is 5.56 Å². The second kappa shape index (κ2) is 4.91. The highest BCUT2D eigenvalue weighted by atomic mass is 19.4. The highest BCUT2D eigenvalue weighted by Gasteiger charge is 2.35. The zero-order valence-corrected chi connectivity index (χ0v) is 9.67. The Morgan fingerprint density at radius 1 is 1.35 bits per heavy atom. The maximum atomic E-state index is 12.7. The molecule has 1 rings (SSSR count). The van der Waals surface area contributed by atoms with Gasteiger partial charge in [0.15, 0.2) is 0 Å². The average molecular weight is 248 g/mol. The van der Waals surface area contributed by atoms with E-state index in [-0.39, 0.29) is 12.4 Å². The molecule has 0 aliphatic heterocycles. The number of nitrogens with zero attached hydrogens (tertiary/aromatic N) is 1. The Balaban J connectivity index is 2.99. The monoisotopic (exact) mass is 248 g/mol. The fourth-order valence-electron chi connectivity index (χ4n) is 1.40. The fourth-order valence-corrected chi connectivity index (χ4v) is 1.40. The van der Waals surface area contributed by atoms with Crippen molar-refractivity contribution in [3.8, 4) is 0 Å². The van der Waals surface area contributed by atoms with E-state index in [0.29, 0.717) is 6.42 Å². The van der Waals surface area contributed by atoms with Gasteiger partial charge in [-0.05, 0) is 32.4 Å². The minimum Gasteiger partial charge on any atom is -0.396 e. The van der Waals surface area contributed by atoms with Crippen LogP contribution in [0.25, 0.3) is 0 Å². The van der Waals surface area contributed by atoms with E-state index >= 15 is 0 Å². The smallest absolute Gasteiger partial charge is 0.396 e. The molecule has 0 saturated carbocycles. The molecule has 0 aliphatic carbocycles. The highest BCUT2D eigenvalue weighted by molar-refractivity contribution is 5.47. The van der Waals surface area contributed by atoms with Gasteiger partial charge in [0.1, 0.15) is 5.82 Å². The fraction of sp³-hybridized carbons (Fsp3) is 0.545. The lowest BCUT2D eigenvalue weighted by Gasteiger charge is -2.27. The summed E-state index contributed by atoms with van der Waals surface area (Å²) in [6.45, 7) is 3.31. The summed E-state index contributed by atoms with van der Waals surface area (Å²) >= 11 is 0. The van der Waals surface area contributed by atoms with Crippen molar-refractivity contribution < 1.29 is 18.3 Å². The third-order valence-corrected chi connectivity index (χ3v) is 2.31. The molecule has 1 heterocycles. The van der Waals surface area contributed by atoms with Gasteiger partial charge in [0.25, 0.3) is 0 Å². The van der Waals surface area contributed by atoms with Crippen molar-refractivity contribution in [1.29, 1.82) is 0 Å². The molecule has 0 unspecified atom stereocenters. The molecule has 1 aromatic heterocycles. The van der Waals surface area contributed by atoms with Gasteiger partial charge < -0.3 is 10.4 Å². The molecule has 6 heteroatoms. The number of anilines is 1. The van der Waals surface area contributed by atoms with E-state index in [1.165, 1.54) is 12.3 Å². The van der Waals surface area contributed by atoms with Gasteiger partial charge in [-0.25, -0.2) is 4.98 Å². The summed E-state index contributed by atoms with van der Waals surface area (Å²) in [5.41, 5.74) is -1.45. The number of pyridine rings is 1. The zero-order valence-electron chi connectivity index (χ0n) is 9.67. The van der Waals surface area contributed by atoms with Crippen LogP contribution >= 0.6 is 0 Å². The van der Waals surface area contributed by atoms with E-state index in [4.69, 9.17) is 5.11 Å². The van der Waals surface area contributed by atoms with E-state index < -0.39 is 17.3 Å². The highest BCUT2D eigenvalue weighted by Crippen LogP contribution is 2.34. The van der Waals surface area contributed by atoms with Crippen molar-refractivity contribution in [1.82, 2.24) is 4.98 Å². The zero-order chi connectivity index (χ0) is 13.1. The number of nitrogens with one attached hydrogen (secondary N) is 1. The van der Waals surface area contributed by atoms with E-state index in [1.54, 1.807) is 13.8 Å². The molecule has 0 fully saturated rings. The predicted octanol–water partition coefficient (Wildman–Crippen LogP) is 2.67. The Labute approximate surface area is 97.7 Å². The summed E-state index contributed by atoms with van der Waals surface area (Å²) in [5.74, 6) is -0.210. The topological polar surface area (TPSA) is 45.1 Å². The lowest BCUT2D eigenvalue weighted by molar-refractivity contribution is -0.137. The lowest BCUT2D eigenvalue weighted by atomic mass is 10.0. The van der Waals surface area contributed by atoms with Gasteiger partial charge in [-0.15, -0.1) is 0 Å². The summed E-state index contributed by atoms with van der Waals surface area (Å²) in [5, 5.41) is 11.5. The SMILES string of the molecule is CC(C)(CCO)Nc1ncccc1C(F)(F)F. The van der Waals surface area contributed by atoms with Gasteiger partial charge in [0, 0.05) is 18.3 Å². The van der Waals surface area contributed by atoms with E-state index in [9.17, 15) is 13.2 Å². The number of rotatable bonds is 4. The summed E-state index contributed by atoms with van der Waals surface area (Å²) in [6, 6.07) is 2.22. The number of aliphatic hydroxyl groups is 1. The van der Waals surface area contributed by atoms with Crippen LogP contribution in [-0.2, 0) is 6.18 Å². The quantitative estimate of drug-likeness (QED) is 0.861. The molecule has 0 amide bonds. The molecule has 2 N–H and O–H groups in total. The van der Waals surface area contributed by atoms with Crippen LogP contribution in [-0.4, -0.2) is 22.2 Å². The Morgan fingerprint density at radius 2 is 2.00 bits per heavy atom. The summed E-state index contributed by atoms with van der Waals surface area (Å²) < 4.78 is 38.0. The molecular formula is C11H15F3N2O. The van der Waals surface area contributed by atoms with Crippen LogP contribution in [0.3, 0.4) is 0 Å². The standard InChI is InChI=1S/C11H15F3N2O/c1-10(2,5-7-17)16-9-8(11(12,13)14)4-3-6-15-9/h3-4,6,17H,5,7H2,1-2H3,(H,15,16). The van der Waals surface area contributed by atoms with Crippen LogP contribution in [0.2, 0.25) is 0 Å². The van der Waals surface area contributed by atoms with Crippen LogP contribution in [0, 0.1) is 0 Å². The van der Waals surface area contributed by atoms with Gasteiger partial charge in [-0.2, -0.15) is 13.2 Å². The first-order valence-electron chi connectivity index (χ1n) is 5.17. The molecule has 0 aliphatic rings. The van der Waals surface area contributed by atoms with Crippen LogP contribution in [0.5, 0.6) is 0 Å². The molecule has 0 saturated heterocycles. The van der Waals surface area contributed by atoms with Gasteiger partial charge in [-0.1, -0.05) is 0 Å². The molecule has 3 nitrogen and oxygen atoms in total. The molecule has 17 heavy (non-hydrogen) atoms. The lowest BCUT2D eigenvalue weighted by Crippen LogP contribution is -2.33. The van der Waals surface area contributed by atoms with Crippen molar-refractivity contribution in [2.75, 3.05) is 11.9 Å².